The molecule has 0 heterocycles. The standard InChI is InChI=1S/C10H10O3/c1-13-6-5-8-3-2-4-9(7-8)10(11)12/h2-7H,1H3,(H,11,12). The van der Waals surface area contributed by atoms with Crippen LogP contribution in [-0.4, -0.2) is 18.2 Å². The first kappa shape index (κ1) is 9.32. The van der Waals surface area contributed by atoms with E-state index >= 15 is 0 Å². The Kier molecular flexibility index (Phi) is 3.09. The van der Waals surface area contributed by atoms with Crippen molar-refractivity contribution in [3.05, 3.63) is 41.7 Å². The van der Waals surface area contributed by atoms with E-state index in [1.807, 2.05) is 6.07 Å². The van der Waals surface area contributed by atoms with Crippen LogP contribution >= 0.6 is 0 Å². The minimum atomic E-state index is -0.923. The minimum absolute atomic E-state index is 0.276. The number of benzene rings is 1. The third kappa shape index (κ3) is 2.63. The molecule has 0 aliphatic carbocycles. The van der Waals surface area contributed by atoms with E-state index in [0.717, 1.165) is 5.56 Å². The Morgan fingerprint density at radius 3 is 2.92 bits per heavy atom. The summed E-state index contributed by atoms with van der Waals surface area (Å²) >= 11 is 0. The molecule has 68 valence electrons. The van der Waals surface area contributed by atoms with E-state index in [9.17, 15) is 4.79 Å². The van der Waals surface area contributed by atoms with E-state index in [-0.39, 0.29) is 5.56 Å². The van der Waals surface area contributed by atoms with Crippen molar-refractivity contribution < 1.29 is 14.6 Å². The van der Waals surface area contributed by atoms with Crippen LogP contribution in [0.1, 0.15) is 15.9 Å². The highest BCUT2D eigenvalue weighted by atomic mass is 16.5. The largest absolute Gasteiger partial charge is 0.504 e. The monoisotopic (exact) mass is 178 g/mol. The van der Waals surface area contributed by atoms with Gasteiger partial charge in [-0.1, -0.05) is 12.1 Å². The van der Waals surface area contributed by atoms with Crippen molar-refractivity contribution >= 4 is 12.0 Å². The number of ether oxygens (including phenoxy) is 1. The highest BCUT2D eigenvalue weighted by Gasteiger charge is 2.00. The van der Waals surface area contributed by atoms with Crippen LogP contribution in [0.25, 0.3) is 6.08 Å². The summed E-state index contributed by atoms with van der Waals surface area (Å²) in [6, 6.07) is 6.63. The van der Waals surface area contributed by atoms with Crippen molar-refractivity contribution in [2.75, 3.05) is 7.11 Å². The second kappa shape index (κ2) is 4.30. The number of rotatable bonds is 3. The molecule has 1 aromatic carbocycles. The van der Waals surface area contributed by atoms with E-state index in [1.54, 1.807) is 24.3 Å². The molecule has 0 atom stereocenters. The number of methoxy groups -OCH3 is 1. The van der Waals surface area contributed by atoms with E-state index in [2.05, 4.69) is 0 Å². The Morgan fingerprint density at radius 1 is 1.54 bits per heavy atom. The lowest BCUT2D eigenvalue weighted by molar-refractivity contribution is 0.0697. The molecule has 0 aliphatic heterocycles. The molecule has 0 amide bonds. The molecule has 0 saturated carbocycles. The van der Waals surface area contributed by atoms with Crippen LogP contribution in [0.2, 0.25) is 0 Å². The van der Waals surface area contributed by atoms with Gasteiger partial charge in [0.2, 0.25) is 0 Å². The zero-order valence-electron chi connectivity index (χ0n) is 7.23. The number of carboxylic acid groups (broad SMARTS) is 1. The molecule has 13 heavy (non-hydrogen) atoms. The van der Waals surface area contributed by atoms with Crippen molar-refractivity contribution in [3.63, 3.8) is 0 Å². The van der Waals surface area contributed by atoms with Crippen LogP contribution in [0.4, 0.5) is 0 Å². The van der Waals surface area contributed by atoms with Gasteiger partial charge in [0.25, 0.3) is 0 Å². The lowest BCUT2D eigenvalue weighted by Crippen LogP contribution is -1.95. The average Bonchev–Trinajstić information content (AvgIpc) is 2.15. The van der Waals surface area contributed by atoms with Gasteiger partial charge in [-0.15, -0.1) is 0 Å². The van der Waals surface area contributed by atoms with Gasteiger partial charge in [-0.2, -0.15) is 0 Å². The van der Waals surface area contributed by atoms with Gasteiger partial charge in [0.1, 0.15) is 0 Å². The Bertz CT molecular complexity index is 329. The summed E-state index contributed by atoms with van der Waals surface area (Å²) in [6.07, 6.45) is 3.20. The molecule has 0 unspecified atom stereocenters. The van der Waals surface area contributed by atoms with E-state index in [4.69, 9.17) is 9.84 Å². The molecule has 1 rings (SSSR count). The summed E-state index contributed by atoms with van der Waals surface area (Å²) < 4.78 is 4.72. The highest BCUT2D eigenvalue weighted by Crippen LogP contribution is 2.06. The van der Waals surface area contributed by atoms with Crippen LogP contribution in [0.15, 0.2) is 30.5 Å². The Morgan fingerprint density at radius 2 is 2.31 bits per heavy atom. The van der Waals surface area contributed by atoms with Crippen LogP contribution in [0.5, 0.6) is 0 Å². The van der Waals surface area contributed by atoms with Gasteiger partial charge in [0.05, 0.1) is 18.9 Å². The topological polar surface area (TPSA) is 46.5 Å². The van der Waals surface area contributed by atoms with Gasteiger partial charge in [0.15, 0.2) is 0 Å². The van der Waals surface area contributed by atoms with Crippen LogP contribution in [0, 0.1) is 0 Å². The number of hydrogen-bond donors (Lipinski definition) is 1. The molecule has 3 nitrogen and oxygen atoms in total. The predicted molar refractivity (Wildman–Crippen MR) is 49.4 cm³/mol. The fraction of sp³-hybridized carbons (Fsp3) is 0.100. The molecule has 1 N–H and O–H groups in total. The molecule has 0 bridgehead atoms. The first-order valence-corrected chi connectivity index (χ1v) is 3.77. The lowest BCUT2D eigenvalue weighted by Gasteiger charge is -1.96. The van der Waals surface area contributed by atoms with E-state index < -0.39 is 5.97 Å². The molecule has 3 heteroatoms. The first-order valence-electron chi connectivity index (χ1n) is 3.77. The quantitative estimate of drug-likeness (QED) is 0.720. The third-order valence-corrected chi connectivity index (χ3v) is 1.53. The Hall–Kier alpha value is -1.77. The maximum Gasteiger partial charge on any atom is 0.335 e. The first-order chi connectivity index (χ1) is 6.24. The fourth-order valence-electron chi connectivity index (χ4n) is 0.922. The minimum Gasteiger partial charge on any atom is -0.504 e. The van der Waals surface area contributed by atoms with Crippen molar-refractivity contribution in [3.8, 4) is 0 Å². The normalized spacial score (nSPS) is 10.2. The molecule has 0 fully saturated rings. The molecule has 0 aliphatic rings. The van der Waals surface area contributed by atoms with Crippen molar-refractivity contribution in [2.45, 2.75) is 0 Å². The van der Waals surface area contributed by atoms with E-state index in [0.29, 0.717) is 0 Å². The summed E-state index contributed by atoms with van der Waals surface area (Å²) in [7, 11) is 1.54. The van der Waals surface area contributed by atoms with Crippen molar-refractivity contribution in [1.29, 1.82) is 0 Å². The SMILES string of the molecule is COC=Cc1cccc(C(=O)O)c1. The third-order valence-electron chi connectivity index (χ3n) is 1.53. The zero-order chi connectivity index (χ0) is 9.68. The molecule has 0 radical (unpaired) electrons. The molecule has 0 spiro atoms. The fourth-order valence-corrected chi connectivity index (χ4v) is 0.922. The van der Waals surface area contributed by atoms with Crippen molar-refractivity contribution in [1.82, 2.24) is 0 Å². The Balaban J connectivity index is 2.92. The predicted octanol–water partition coefficient (Wildman–Crippen LogP) is 2.00. The van der Waals surface area contributed by atoms with Gasteiger partial charge in [0, 0.05) is 0 Å². The second-order valence-electron chi connectivity index (χ2n) is 2.47. The van der Waals surface area contributed by atoms with Gasteiger partial charge in [-0.05, 0) is 23.8 Å². The Labute approximate surface area is 76.3 Å². The average molecular weight is 178 g/mol. The highest BCUT2D eigenvalue weighted by molar-refractivity contribution is 5.88. The molecule has 0 saturated heterocycles. The lowest BCUT2D eigenvalue weighted by atomic mass is 10.1. The van der Waals surface area contributed by atoms with Gasteiger partial charge < -0.3 is 9.84 Å². The van der Waals surface area contributed by atoms with Gasteiger partial charge in [-0.3, -0.25) is 0 Å². The number of carboxylic acids is 1. The maximum absolute atomic E-state index is 10.6. The van der Waals surface area contributed by atoms with Crippen LogP contribution < -0.4 is 0 Å². The molecular weight excluding hydrogens is 168 g/mol. The van der Waals surface area contributed by atoms with Crippen LogP contribution in [-0.2, 0) is 4.74 Å². The van der Waals surface area contributed by atoms with Crippen LogP contribution in [0.3, 0.4) is 0 Å². The molecule has 0 aromatic heterocycles. The smallest absolute Gasteiger partial charge is 0.335 e. The molecule has 1 aromatic rings. The zero-order valence-corrected chi connectivity index (χ0v) is 7.23. The van der Waals surface area contributed by atoms with E-state index in [1.165, 1.54) is 13.4 Å². The number of carbonyl (C=O) groups is 1. The number of aromatic carboxylic acids is 1. The summed E-state index contributed by atoms with van der Waals surface area (Å²) in [5.41, 5.74) is 1.08. The summed E-state index contributed by atoms with van der Waals surface area (Å²) in [6.45, 7) is 0. The van der Waals surface area contributed by atoms with Gasteiger partial charge >= 0.3 is 5.97 Å². The molecular formula is C10H10O3. The summed E-state index contributed by atoms with van der Waals surface area (Å²) in [5.74, 6) is -0.923. The van der Waals surface area contributed by atoms with Crippen molar-refractivity contribution in [2.24, 2.45) is 0 Å². The summed E-state index contributed by atoms with van der Waals surface area (Å²) in [4.78, 5) is 10.6. The van der Waals surface area contributed by atoms with Gasteiger partial charge in [-0.25, -0.2) is 4.79 Å². The second-order valence-corrected chi connectivity index (χ2v) is 2.47. The maximum atomic E-state index is 10.6. The summed E-state index contributed by atoms with van der Waals surface area (Å²) in [5, 5.41) is 8.68. The number of hydrogen-bond acceptors (Lipinski definition) is 2.